The molecule has 166 valence electrons. The van der Waals surface area contributed by atoms with Crippen LogP contribution in [-0.2, 0) is 5.75 Å². The Kier molecular flexibility index (Phi) is 6.52. The second-order valence-corrected chi connectivity index (χ2v) is 9.05. The van der Waals surface area contributed by atoms with E-state index in [0.29, 0.717) is 34.3 Å². The summed E-state index contributed by atoms with van der Waals surface area (Å²) in [6.07, 6.45) is 0. The quantitative estimate of drug-likeness (QED) is 0.352. The van der Waals surface area contributed by atoms with Crippen molar-refractivity contribution in [1.29, 1.82) is 0 Å². The van der Waals surface area contributed by atoms with Gasteiger partial charge in [-0.05, 0) is 13.0 Å². The van der Waals surface area contributed by atoms with E-state index < -0.39 is 0 Å². The van der Waals surface area contributed by atoms with Crippen LogP contribution in [0.2, 0.25) is 0 Å². The summed E-state index contributed by atoms with van der Waals surface area (Å²) in [5.41, 5.74) is 1.93. The van der Waals surface area contributed by atoms with Crippen LogP contribution in [0.3, 0.4) is 0 Å². The molecular formula is C22H21N3O5S2. The number of ether oxygens (including phenoxy) is 3. The number of aromatic nitrogens is 2. The SMILES string of the molecule is COc1cc(NC(=O)c2oc3ccccc3c2CSc2nnc(C)s2)cc(OC)c1OC. The Hall–Kier alpha value is -3.24. The molecule has 8 nitrogen and oxygen atoms in total. The highest BCUT2D eigenvalue weighted by Crippen LogP contribution is 2.40. The highest BCUT2D eigenvalue weighted by atomic mass is 32.2. The molecule has 0 spiro atoms. The molecule has 0 saturated heterocycles. The zero-order chi connectivity index (χ0) is 22.7. The normalized spacial score (nSPS) is 10.9. The lowest BCUT2D eigenvalue weighted by Crippen LogP contribution is -2.13. The van der Waals surface area contributed by atoms with Gasteiger partial charge in [0.2, 0.25) is 5.75 Å². The number of benzene rings is 2. The fourth-order valence-corrected chi connectivity index (χ4v) is 5.08. The number of nitrogens with zero attached hydrogens (tertiary/aromatic N) is 2. The number of aryl methyl sites for hydroxylation is 1. The third-order valence-electron chi connectivity index (χ3n) is 4.67. The van der Waals surface area contributed by atoms with Gasteiger partial charge in [0.25, 0.3) is 5.91 Å². The molecule has 0 atom stereocenters. The van der Waals surface area contributed by atoms with Crippen LogP contribution in [0, 0.1) is 6.92 Å². The number of furan rings is 1. The first kappa shape index (κ1) is 22.0. The van der Waals surface area contributed by atoms with Crippen LogP contribution in [0.1, 0.15) is 21.1 Å². The van der Waals surface area contributed by atoms with Crippen molar-refractivity contribution in [3.05, 3.63) is 52.7 Å². The minimum Gasteiger partial charge on any atom is -0.493 e. The van der Waals surface area contributed by atoms with E-state index in [-0.39, 0.29) is 11.7 Å². The van der Waals surface area contributed by atoms with Crippen molar-refractivity contribution in [3.8, 4) is 17.2 Å². The van der Waals surface area contributed by atoms with Crippen molar-refractivity contribution in [2.75, 3.05) is 26.6 Å². The van der Waals surface area contributed by atoms with Crippen LogP contribution in [0.15, 0.2) is 45.2 Å². The van der Waals surface area contributed by atoms with Crippen LogP contribution in [-0.4, -0.2) is 37.4 Å². The van der Waals surface area contributed by atoms with Crippen LogP contribution in [0.25, 0.3) is 11.0 Å². The molecule has 0 radical (unpaired) electrons. The number of thioether (sulfide) groups is 1. The Labute approximate surface area is 192 Å². The minimum absolute atomic E-state index is 0.244. The second-order valence-electron chi connectivity index (χ2n) is 6.65. The number of methoxy groups -OCH3 is 3. The number of fused-ring (bicyclic) bond motifs is 1. The average Bonchev–Trinajstić information content (AvgIpc) is 3.39. The number of hydrogen-bond acceptors (Lipinski definition) is 9. The molecule has 4 rings (SSSR count). The van der Waals surface area contributed by atoms with E-state index >= 15 is 0 Å². The Morgan fingerprint density at radius 3 is 2.44 bits per heavy atom. The lowest BCUT2D eigenvalue weighted by molar-refractivity contribution is 0.0998. The first-order valence-corrected chi connectivity index (χ1v) is 11.4. The molecule has 1 N–H and O–H groups in total. The third kappa shape index (κ3) is 4.37. The predicted molar refractivity (Wildman–Crippen MR) is 124 cm³/mol. The fraction of sp³-hybridized carbons (Fsp3) is 0.227. The Balaban J connectivity index is 1.66. The Bertz CT molecular complexity index is 1240. The maximum absolute atomic E-state index is 13.2. The first-order chi connectivity index (χ1) is 15.5. The molecule has 2 aromatic heterocycles. The molecule has 1 amide bonds. The summed E-state index contributed by atoms with van der Waals surface area (Å²) in [6.45, 7) is 1.91. The van der Waals surface area contributed by atoms with Crippen molar-refractivity contribution >= 4 is 45.7 Å². The first-order valence-electron chi connectivity index (χ1n) is 9.58. The van der Waals surface area contributed by atoms with E-state index in [1.54, 1.807) is 12.1 Å². The Morgan fingerprint density at radius 1 is 1.09 bits per heavy atom. The number of hydrogen-bond donors (Lipinski definition) is 1. The van der Waals surface area contributed by atoms with Gasteiger partial charge in [-0.1, -0.05) is 41.3 Å². The van der Waals surface area contributed by atoms with Gasteiger partial charge in [0.1, 0.15) is 10.6 Å². The van der Waals surface area contributed by atoms with Gasteiger partial charge in [0.05, 0.1) is 21.3 Å². The van der Waals surface area contributed by atoms with Gasteiger partial charge in [-0.3, -0.25) is 4.79 Å². The molecule has 0 aliphatic heterocycles. The molecule has 0 saturated carbocycles. The number of nitrogens with one attached hydrogen (secondary N) is 1. The van der Waals surface area contributed by atoms with E-state index in [9.17, 15) is 4.79 Å². The molecule has 2 aromatic carbocycles. The number of carbonyl (C=O) groups excluding carboxylic acids is 1. The summed E-state index contributed by atoms with van der Waals surface area (Å²) < 4.78 is 22.9. The van der Waals surface area contributed by atoms with Crippen molar-refractivity contribution in [3.63, 3.8) is 0 Å². The van der Waals surface area contributed by atoms with Gasteiger partial charge in [-0.25, -0.2) is 0 Å². The fourth-order valence-electron chi connectivity index (χ4n) is 3.24. The monoisotopic (exact) mass is 471 g/mol. The molecular weight excluding hydrogens is 450 g/mol. The largest absolute Gasteiger partial charge is 0.493 e. The van der Waals surface area contributed by atoms with Gasteiger partial charge in [-0.2, -0.15) is 0 Å². The number of para-hydroxylation sites is 1. The minimum atomic E-state index is -0.375. The van der Waals surface area contributed by atoms with E-state index in [2.05, 4.69) is 15.5 Å². The van der Waals surface area contributed by atoms with Crippen molar-refractivity contribution in [2.24, 2.45) is 0 Å². The summed E-state index contributed by atoms with van der Waals surface area (Å²) >= 11 is 3.03. The summed E-state index contributed by atoms with van der Waals surface area (Å²) in [4.78, 5) is 13.2. The molecule has 0 aliphatic carbocycles. The molecule has 0 bridgehead atoms. The standard InChI is InChI=1S/C22H21N3O5S2/c1-12-24-25-22(32-12)31-11-15-14-7-5-6-8-16(14)30-19(15)21(26)23-13-9-17(27-2)20(29-4)18(10-13)28-3/h5-10H,11H2,1-4H3,(H,23,26). The lowest BCUT2D eigenvalue weighted by atomic mass is 10.1. The average molecular weight is 472 g/mol. The van der Waals surface area contributed by atoms with Gasteiger partial charge in [0, 0.05) is 34.5 Å². The zero-order valence-electron chi connectivity index (χ0n) is 17.9. The van der Waals surface area contributed by atoms with Crippen LogP contribution < -0.4 is 19.5 Å². The maximum atomic E-state index is 13.2. The van der Waals surface area contributed by atoms with E-state index in [4.69, 9.17) is 18.6 Å². The highest BCUT2D eigenvalue weighted by molar-refractivity contribution is 8.00. The number of anilines is 1. The van der Waals surface area contributed by atoms with E-state index in [1.165, 1.54) is 44.4 Å². The van der Waals surface area contributed by atoms with Crippen LogP contribution in [0.5, 0.6) is 17.2 Å². The topological polar surface area (TPSA) is 95.7 Å². The summed E-state index contributed by atoms with van der Waals surface area (Å²) in [5, 5.41) is 12.9. The summed E-state index contributed by atoms with van der Waals surface area (Å²) in [5.74, 6) is 1.71. The molecule has 0 fully saturated rings. The smallest absolute Gasteiger partial charge is 0.291 e. The molecule has 0 unspecified atom stereocenters. The lowest BCUT2D eigenvalue weighted by Gasteiger charge is -2.14. The number of amides is 1. The third-order valence-corrected chi connectivity index (χ3v) is 6.67. The number of carbonyl (C=O) groups is 1. The van der Waals surface area contributed by atoms with Gasteiger partial charge in [0.15, 0.2) is 21.6 Å². The van der Waals surface area contributed by atoms with Crippen molar-refractivity contribution < 1.29 is 23.4 Å². The molecule has 0 aliphatic rings. The zero-order valence-corrected chi connectivity index (χ0v) is 19.6. The van der Waals surface area contributed by atoms with Crippen LogP contribution >= 0.6 is 23.1 Å². The number of rotatable bonds is 8. The second kappa shape index (κ2) is 9.49. The van der Waals surface area contributed by atoms with Crippen molar-refractivity contribution in [1.82, 2.24) is 10.2 Å². The molecule has 4 aromatic rings. The predicted octanol–water partition coefficient (Wildman–Crippen LogP) is 5.16. The van der Waals surface area contributed by atoms with Gasteiger partial charge < -0.3 is 23.9 Å². The van der Waals surface area contributed by atoms with E-state index in [0.717, 1.165) is 20.3 Å². The molecule has 10 heteroatoms. The van der Waals surface area contributed by atoms with Gasteiger partial charge >= 0.3 is 0 Å². The molecule has 2 heterocycles. The van der Waals surface area contributed by atoms with E-state index in [1.807, 2.05) is 31.2 Å². The van der Waals surface area contributed by atoms with Crippen LogP contribution in [0.4, 0.5) is 5.69 Å². The molecule has 32 heavy (non-hydrogen) atoms. The Morgan fingerprint density at radius 2 is 1.81 bits per heavy atom. The highest BCUT2D eigenvalue weighted by Gasteiger charge is 2.22. The summed E-state index contributed by atoms with van der Waals surface area (Å²) in [7, 11) is 4.57. The van der Waals surface area contributed by atoms with Crippen molar-refractivity contribution in [2.45, 2.75) is 17.0 Å². The van der Waals surface area contributed by atoms with Gasteiger partial charge in [-0.15, -0.1) is 10.2 Å². The summed E-state index contributed by atoms with van der Waals surface area (Å²) in [6, 6.07) is 10.9. The maximum Gasteiger partial charge on any atom is 0.291 e.